The highest BCUT2D eigenvalue weighted by molar-refractivity contribution is 5.47. The molecule has 0 aromatic heterocycles. The molecule has 0 atom stereocenters. The molecule has 0 amide bonds. The van der Waals surface area contributed by atoms with Gasteiger partial charge in [-0.3, -0.25) is 0 Å². The molecule has 2 rings (SSSR count). The van der Waals surface area contributed by atoms with Crippen LogP contribution in [0.3, 0.4) is 0 Å². The second-order valence-corrected chi connectivity index (χ2v) is 4.40. The average Bonchev–Trinajstić information content (AvgIpc) is 2.49. The van der Waals surface area contributed by atoms with Crippen LogP contribution >= 0.6 is 0 Å². The molecular weight excluding hydrogens is 274 g/mol. The minimum Gasteiger partial charge on any atom is -0.453 e. The van der Waals surface area contributed by atoms with Crippen molar-refractivity contribution in [3.8, 4) is 17.6 Å². The predicted molar refractivity (Wildman–Crippen MR) is 75.0 cm³/mol. The number of halogens is 2. The standard InChI is InChI=1S/C16H14F2N2O/c1-2-20-10-11-3-6-15(12(7-11)9-19)21-16-8-13(17)4-5-14(16)18/h3-8,20H,2,10H2,1H3. The fourth-order valence-corrected chi connectivity index (χ4v) is 1.81. The zero-order valence-corrected chi connectivity index (χ0v) is 11.5. The van der Waals surface area contributed by atoms with Crippen molar-refractivity contribution in [3.05, 3.63) is 59.2 Å². The summed E-state index contributed by atoms with van der Waals surface area (Å²) in [5, 5.41) is 12.3. The third kappa shape index (κ3) is 3.77. The van der Waals surface area contributed by atoms with Crippen molar-refractivity contribution in [3.63, 3.8) is 0 Å². The van der Waals surface area contributed by atoms with Crippen LogP contribution in [0.4, 0.5) is 8.78 Å². The molecule has 3 nitrogen and oxygen atoms in total. The van der Waals surface area contributed by atoms with Crippen LogP contribution < -0.4 is 10.1 Å². The van der Waals surface area contributed by atoms with E-state index in [1.54, 1.807) is 18.2 Å². The average molecular weight is 288 g/mol. The molecule has 0 saturated carbocycles. The zero-order chi connectivity index (χ0) is 15.2. The SMILES string of the molecule is CCNCc1ccc(Oc2cc(F)ccc2F)c(C#N)c1. The van der Waals surface area contributed by atoms with Crippen LogP contribution in [0.25, 0.3) is 0 Å². The van der Waals surface area contributed by atoms with Gasteiger partial charge < -0.3 is 10.1 Å². The molecule has 2 aromatic carbocycles. The largest absolute Gasteiger partial charge is 0.453 e. The third-order valence-electron chi connectivity index (χ3n) is 2.86. The van der Waals surface area contributed by atoms with Crippen molar-refractivity contribution in [2.24, 2.45) is 0 Å². The summed E-state index contributed by atoms with van der Waals surface area (Å²) in [5.74, 6) is -1.33. The van der Waals surface area contributed by atoms with E-state index in [1.165, 1.54) is 0 Å². The van der Waals surface area contributed by atoms with E-state index in [4.69, 9.17) is 10.00 Å². The third-order valence-corrected chi connectivity index (χ3v) is 2.86. The number of hydrogen-bond acceptors (Lipinski definition) is 3. The molecule has 1 N–H and O–H groups in total. The molecule has 0 fully saturated rings. The van der Waals surface area contributed by atoms with Gasteiger partial charge in [-0.15, -0.1) is 0 Å². The maximum Gasteiger partial charge on any atom is 0.166 e. The van der Waals surface area contributed by atoms with Gasteiger partial charge in [-0.2, -0.15) is 5.26 Å². The molecule has 0 unspecified atom stereocenters. The number of benzene rings is 2. The number of hydrogen-bond donors (Lipinski definition) is 1. The number of rotatable bonds is 5. The van der Waals surface area contributed by atoms with E-state index in [9.17, 15) is 8.78 Å². The van der Waals surface area contributed by atoms with Gasteiger partial charge in [-0.25, -0.2) is 8.78 Å². The van der Waals surface area contributed by atoms with Crippen LogP contribution in [-0.2, 0) is 6.54 Å². The molecule has 0 bridgehead atoms. The van der Waals surface area contributed by atoms with Gasteiger partial charge in [0.15, 0.2) is 11.6 Å². The van der Waals surface area contributed by atoms with Gasteiger partial charge in [0.2, 0.25) is 0 Å². The van der Waals surface area contributed by atoms with Gasteiger partial charge in [0, 0.05) is 12.6 Å². The van der Waals surface area contributed by atoms with Crippen molar-refractivity contribution in [1.82, 2.24) is 5.32 Å². The molecule has 2 aromatic rings. The van der Waals surface area contributed by atoms with Gasteiger partial charge in [-0.05, 0) is 36.4 Å². The minimum atomic E-state index is -0.683. The summed E-state index contributed by atoms with van der Waals surface area (Å²) in [7, 11) is 0. The molecular formula is C16H14F2N2O. The molecule has 108 valence electrons. The maximum absolute atomic E-state index is 13.6. The molecule has 0 saturated heterocycles. The molecule has 0 spiro atoms. The van der Waals surface area contributed by atoms with Crippen molar-refractivity contribution >= 4 is 0 Å². The highest BCUT2D eigenvalue weighted by Gasteiger charge is 2.10. The summed E-state index contributed by atoms with van der Waals surface area (Å²) >= 11 is 0. The Morgan fingerprint density at radius 2 is 1.95 bits per heavy atom. The lowest BCUT2D eigenvalue weighted by atomic mass is 10.1. The highest BCUT2D eigenvalue weighted by atomic mass is 19.1. The van der Waals surface area contributed by atoms with Gasteiger partial charge in [-0.1, -0.05) is 13.0 Å². The van der Waals surface area contributed by atoms with Gasteiger partial charge in [0.25, 0.3) is 0 Å². The van der Waals surface area contributed by atoms with Crippen LogP contribution in [0.5, 0.6) is 11.5 Å². The number of nitrogens with one attached hydrogen (secondary N) is 1. The number of ether oxygens (including phenoxy) is 1. The summed E-state index contributed by atoms with van der Waals surface area (Å²) in [6.07, 6.45) is 0. The lowest BCUT2D eigenvalue weighted by molar-refractivity contribution is 0.435. The Morgan fingerprint density at radius 1 is 1.14 bits per heavy atom. The lowest BCUT2D eigenvalue weighted by Gasteiger charge is -2.10. The summed E-state index contributed by atoms with van der Waals surface area (Å²) in [6, 6.07) is 9.95. The van der Waals surface area contributed by atoms with E-state index in [2.05, 4.69) is 5.32 Å². The van der Waals surface area contributed by atoms with Crippen molar-refractivity contribution in [2.75, 3.05) is 6.54 Å². The summed E-state index contributed by atoms with van der Waals surface area (Å²) < 4.78 is 32.0. The Bertz CT molecular complexity index is 680. The van der Waals surface area contributed by atoms with Crippen LogP contribution in [0.2, 0.25) is 0 Å². The number of nitriles is 1. The summed E-state index contributed by atoms with van der Waals surface area (Å²) in [5.41, 5.74) is 1.19. The fraction of sp³-hybridized carbons (Fsp3) is 0.188. The highest BCUT2D eigenvalue weighted by Crippen LogP contribution is 2.28. The van der Waals surface area contributed by atoms with Gasteiger partial charge >= 0.3 is 0 Å². The minimum absolute atomic E-state index is 0.197. The molecule has 5 heteroatoms. The summed E-state index contributed by atoms with van der Waals surface area (Å²) in [4.78, 5) is 0. The Hall–Kier alpha value is -2.45. The van der Waals surface area contributed by atoms with E-state index in [-0.39, 0.29) is 17.1 Å². The number of nitrogens with zero attached hydrogens (tertiary/aromatic N) is 1. The van der Waals surface area contributed by atoms with E-state index < -0.39 is 11.6 Å². The van der Waals surface area contributed by atoms with Crippen LogP contribution in [-0.4, -0.2) is 6.54 Å². The van der Waals surface area contributed by atoms with E-state index >= 15 is 0 Å². The quantitative estimate of drug-likeness (QED) is 0.911. The topological polar surface area (TPSA) is 45.0 Å². The molecule has 0 aliphatic rings. The van der Waals surface area contributed by atoms with Gasteiger partial charge in [0.1, 0.15) is 17.6 Å². The van der Waals surface area contributed by atoms with Crippen LogP contribution in [0.1, 0.15) is 18.1 Å². The van der Waals surface area contributed by atoms with Crippen LogP contribution in [0, 0.1) is 23.0 Å². The van der Waals surface area contributed by atoms with Crippen molar-refractivity contribution in [2.45, 2.75) is 13.5 Å². The molecule has 0 radical (unpaired) electrons. The first-order valence-electron chi connectivity index (χ1n) is 6.50. The lowest BCUT2D eigenvalue weighted by Crippen LogP contribution is -2.11. The predicted octanol–water partition coefficient (Wildman–Crippen LogP) is 3.74. The summed E-state index contributed by atoms with van der Waals surface area (Å²) in [6.45, 7) is 3.42. The Morgan fingerprint density at radius 3 is 2.67 bits per heavy atom. The fourth-order valence-electron chi connectivity index (χ4n) is 1.81. The van der Waals surface area contributed by atoms with E-state index in [0.29, 0.717) is 6.54 Å². The maximum atomic E-state index is 13.6. The van der Waals surface area contributed by atoms with Crippen LogP contribution in [0.15, 0.2) is 36.4 Å². The normalized spacial score (nSPS) is 10.2. The molecule has 21 heavy (non-hydrogen) atoms. The monoisotopic (exact) mass is 288 g/mol. The van der Waals surface area contributed by atoms with Crippen molar-refractivity contribution in [1.29, 1.82) is 5.26 Å². The van der Waals surface area contributed by atoms with E-state index in [0.717, 1.165) is 30.3 Å². The first kappa shape index (κ1) is 14.9. The molecule has 0 aliphatic heterocycles. The first-order valence-corrected chi connectivity index (χ1v) is 6.50. The first-order chi connectivity index (χ1) is 10.1. The zero-order valence-electron chi connectivity index (χ0n) is 11.5. The second kappa shape index (κ2) is 6.82. The van der Waals surface area contributed by atoms with E-state index in [1.807, 2.05) is 13.0 Å². The van der Waals surface area contributed by atoms with Gasteiger partial charge in [0.05, 0.1) is 5.56 Å². The Kier molecular flexibility index (Phi) is 4.85. The Labute approximate surface area is 121 Å². The molecule has 0 aliphatic carbocycles. The molecule has 0 heterocycles. The second-order valence-electron chi connectivity index (χ2n) is 4.40. The smallest absolute Gasteiger partial charge is 0.166 e. The Balaban J connectivity index is 2.27. The van der Waals surface area contributed by atoms with Crippen molar-refractivity contribution < 1.29 is 13.5 Å².